The minimum Gasteiger partial charge on any atom is -0.345 e. The molecule has 0 bridgehead atoms. The van der Waals surface area contributed by atoms with Crippen LogP contribution in [0.4, 0.5) is 0 Å². The van der Waals surface area contributed by atoms with E-state index in [9.17, 15) is 0 Å². The van der Waals surface area contributed by atoms with Gasteiger partial charge in [0.05, 0.1) is 5.52 Å². The van der Waals surface area contributed by atoms with Gasteiger partial charge in [-0.25, -0.2) is 0 Å². The number of nitrogens with zero attached hydrogens (tertiary/aromatic N) is 1. The van der Waals surface area contributed by atoms with E-state index >= 15 is 0 Å². The van der Waals surface area contributed by atoms with E-state index in [-0.39, 0.29) is 0 Å². The SMILES string of the molecule is Cc1cc2cc(C3(CN)CC3)cc3c2n1CCC3. The first-order chi connectivity index (χ1) is 8.73. The third-order valence-electron chi connectivity index (χ3n) is 4.96. The summed E-state index contributed by atoms with van der Waals surface area (Å²) in [7, 11) is 0. The van der Waals surface area contributed by atoms with Gasteiger partial charge in [-0.05, 0) is 55.9 Å². The van der Waals surface area contributed by atoms with Crippen LogP contribution in [0.1, 0.15) is 36.1 Å². The Bertz CT molecular complexity index is 632. The van der Waals surface area contributed by atoms with Gasteiger partial charge in [-0.2, -0.15) is 0 Å². The van der Waals surface area contributed by atoms with Crippen molar-refractivity contribution in [2.75, 3.05) is 6.54 Å². The molecule has 2 aromatic rings. The van der Waals surface area contributed by atoms with E-state index in [0.717, 1.165) is 6.54 Å². The Labute approximate surface area is 108 Å². The Morgan fingerprint density at radius 2 is 2.11 bits per heavy atom. The topological polar surface area (TPSA) is 30.9 Å². The summed E-state index contributed by atoms with van der Waals surface area (Å²) in [6.45, 7) is 4.21. The predicted molar refractivity (Wildman–Crippen MR) is 75.0 cm³/mol. The highest BCUT2D eigenvalue weighted by Gasteiger charge is 2.43. The molecule has 1 aliphatic heterocycles. The van der Waals surface area contributed by atoms with Crippen LogP contribution >= 0.6 is 0 Å². The molecule has 4 rings (SSSR count). The maximum Gasteiger partial charge on any atom is 0.0515 e. The number of aryl methyl sites for hydroxylation is 3. The molecule has 0 amide bonds. The van der Waals surface area contributed by atoms with Crippen molar-refractivity contribution in [1.82, 2.24) is 4.57 Å². The molecule has 1 aliphatic carbocycles. The van der Waals surface area contributed by atoms with Gasteiger partial charge in [-0.3, -0.25) is 0 Å². The first-order valence-corrected chi connectivity index (χ1v) is 7.07. The average molecular weight is 240 g/mol. The fraction of sp³-hybridized carbons (Fsp3) is 0.500. The second kappa shape index (κ2) is 3.39. The summed E-state index contributed by atoms with van der Waals surface area (Å²) in [6, 6.07) is 7.19. The molecule has 2 N–H and O–H groups in total. The zero-order chi connectivity index (χ0) is 12.3. The minimum atomic E-state index is 0.318. The minimum absolute atomic E-state index is 0.318. The molecule has 0 atom stereocenters. The van der Waals surface area contributed by atoms with Crippen molar-refractivity contribution in [2.24, 2.45) is 5.73 Å². The van der Waals surface area contributed by atoms with Crippen LogP contribution in [-0.4, -0.2) is 11.1 Å². The summed E-state index contributed by atoms with van der Waals surface area (Å²) in [5.74, 6) is 0. The molecular formula is C16H20N2. The van der Waals surface area contributed by atoms with Crippen molar-refractivity contribution < 1.29 is 0 Å². The molecule has 2 aliphatic rings. The van der Waals surface area contributed by atoms with Gasteiger partial charge in [0.15, 0.2) is 0 Å². The molecule has 1 aromatic carbocycles. The standard InChI is InChI=1S/C16H20N2/c1-11-7-13-9-14(16(10-17)4-5-16)8-12-3-2-6-18(11)15(12)13/h7-9H,2-6,10,17H2,1H3. The largest absolute Gasteiger partial charge is 0.345 e. The van der Waals surface area contributed by atoms with Gasteiger partial charge in [0.2, 0.25) is 0 Å². The lowest BCUT2D eigenvalue weighted by Gasteiger charge is -2.20. The molecule has 1 fully saturated rings. The third kappa shape index (κ3) is 1.27. The van der Waals surface area contributed by atoms with Gasteiger partial charge < -0.3 is 10.3 Å². The third-order valence-corrected chi connectivity index (χ3v) is 4.96. The summed E-state index contributed by atoms with van der Waals surface area (Å²) in [5.41, 5.74) is 12.2. The van der Waals surface area contributed by atoms with Gasteiger partial charge >= 0.3 is 0 Å². The van der Waals surface area contributed by atoms with Crippen LogP contribution in [0, 0.1) is 6.92 Å². The number of aromatic nitrogens is 1. The maximum absolute atomic E-state index is 5.98. The normalized spacial score (nSPS) is 20.3. The van der Waals surface area contributed by atoms with Crippen molar-refractivity contribution in [3.8, 4) is 0 Å². The van der Waals surface area contributed by atoms with Crippen molar-refractivity contribution in [2.45, 2.75) is 44.6 Å². The molecule has 2 nitrogen and oxygen atoms in total. The van der Waals surface area contributed by atoms with Crippen LogP contribution in [0.2, 0.25) is 0 Å². The summed E-state index contributed by atoms with van der Waals surface area (Å²) in [4.78, 5) is 0. The molecule has 94 valence electrons. The number of hydrogen-bond acceptors (Lipinski definition) is 1. The molecule has 1 aromatic heterocycles. The van der Waals surface area contributed by atoms with E-state index in [1.54, 1.807) is 5.56 Å². The number of hydrogen-bond donors (Lipinski definition) is 1. The highest BCUT2D eigenvalue weighted by atomic mass is 15.0. The van der Waals surface area contributed by atoms with E-state index in [0.29, 0.717) is 5.41 Å². The molecule has 0 radical (unpaired) electrons. The molecule has 0 unspecified atom stereocenters. The number of nitrogens with two attached hydrogens (primary N) is 1. The molecule has 0 saturated heterocycles. The Morgan fingerprint density at radius 1 is 1.28 bits per heavy atom. The van der Waals surface area contributed by atoms with E-state index < -0.39 is 0 Å². The lowest BCUT2D eigenvalue weighted by molar-refractivity contribution is 0.621. The zero-order valence-corrected chi connectivity index (χ0v) is 11.0. The van der Waals surface area contributed by atoms with Gasteiger partial charge in [0, 0.05) is 29.6 Å². The molecule has 2 heteroatoms. The van der Waals surface area contributed by atoms with Crippen molar-refractivity contribution >= 4 is 10.9 Å². The zero-order valence-electron chi connectivity index (χ0n) is 11.0. The van der Waals surface area contributed by atoms with Crippen molar-refractivity contribution in [3.05, 3.63) is 35.0 Å². The number of rotatable bonds is 2. The molecule has 18 heavy (non-hydrogen) atoms. The van der Waals surface area contributed by atoms with Gasteiger partial charge in [0.25, 0.3) is 0 Å². The monoisotopic (exact) mass is 240 g/mol. The smallest absolute Gasteiger partial charge is 0.0515 e. The Hall–Kier alpha value is -1.28. The van der Waals surface area contributed by atoms with E-state index in [1.807, 2.05) is 0 Å². The summed E-state index contributed by atoms with van der Waals surface area (Å²) in [5, 5.41) is 1.43. The highest BCUT2D eigenvalue weighted by molar-refractivity contribution is 5.86. The Kier molecular flexibility index (Phi) is 2.00. The van der Waals surface area contributed by atoms with Crippen LogP contribution in [0.15, 0.2) is 18.2 Å². The van der Waals surface area contributed by atoms with E-state index in [2.05, 4.69) is 29.7 Å². The molecular weight excluding hydrogens is 220 g/mol. The molecule has 0 spiro atoms. The first kappa shape index (κ1) is 10.6. The Balaban J connectivity index is 1.99. The average Bonchev–Trinajstić information content (AvgIpc) is 3.12. The quantitative estimate of drug-likeness (QED) is 0.859. The summed E-state index contributed by atoms with van der Waals surface area (Å²) < 4.78 is 2.49. The number of benzene rings is 1. The van der Waals surface area contributed by atoms with E-state index in [1.165, 1.54) is 54.4 Å². The Morgan fingerprint density at radius 3 is 2.83 bits per heavy atom. The fourth-order valence-corrected chi connectivity index (χ4v) is 3.61. The first-order valence-electron chi connectivity index (χ1n) is 7.07. The summed E-state index contributed by atoms with van der Waals surface area (Å²) >= 11 is 0. The van der Waals surface area contributed by atoms with Gasteiger partial charge in [-0.15, -0.1) is 0 Å². The second-order valence-electron chi connectivity index (χ2n) is 6.10. The second-order valence-corrected chi connectivity index (χ2v) is 6.10. The maximum atomic E-state index is 5.98. The van der Waals surface area contributed by atoms with Crippen molar-refractivity contribution in [1.29, 1.82) is 0 Å². The van der Waals surface area contributed by atoms with Crippen LogP contribution in [0.3, 0.4) is 0 Å². The lowest BCUT2D eigenvalue weighted by atomic mass is 9.91. The van der Waals surface area contributed by atoms with Crippen molar-refractivity contribution in [3.63, 3.8) is 0 Å². The van der Waals surface area contributed by atoms with Crippen LogP contribution in [0.5, 0.6) is 0 Å². The van der Waals surface area contributed by atoms with Crippen LogP contribution in [-0.2, 0) is 18.4 Å². The lowest BCUT2D eigenvalue weighted by Crippen LogP contribution is -2.20. The summed E-state index contributed by atoms with van der Waals surface area (Å²) in [6.07, 6.45) is 5.05. The van der Waals surface area contributed by atoms with Crippen LogP contribution < -0.4 is 5.73 Å². The van der Waals surface area contributed by atoms with E-state index in [4.69, 9.17) is 5.73 Å². The molecule has 2 heterocycles. The van der Waals surface area contributed by atoms with Crippen LogP contribution in [0.25, 0.3) is 10.9 Å². The fourth-order valence-electron chi connectivity index (χ4n) is 3.61. The predicted octanol–water partition coefficient (Wildman–Crippen LogP) is 2.89. The van der Waals surface area contributed by atoms with Gasteiger partial charge in [0.1, 0.15) is 0 Å². The molecule has 1 saturated carbocycles. The van der Waals surface area contributed by atoms with Gasteiger partial charge in [-0.1, -0.05) is 6.07 Å². The highest BCUT2D eigenvalue weighted by Crippen LogP contribution is 2.48.